The molecule has 0 aromatic rings. The van der Waals surface area contributed by atoms with Crippen molar-refractivity contribution >= 4 is 31.2 Å². The maximum atomic E-state index is 8.74. The van der Waals surface area contributed by atoms with Crippen LogP contribution in [0.1, 0.15) is 0 Å². The van der Waals surface area contributed by atoms with Crippen LogP contribution in [0.25, 0.3) is 0 Å². The molecule has 0 spiro atoms. The van der Waals surface area contributed by atoms with E-state index in [4.69, 9.17) is 52.6 Å². The van der Waals surface area contributed by atoms with E-state index >= 15 is 0 Å². The second-order valence-corrected chi connectivity index (χ2v) is 4.03. The first kappa shape index (κ1) is 36.3. The molecule has 0 saturated heterocycles. The van der Waals surface area contributed by atoms with Gasteiger partial charge in [-0.05, 0) is 0 Å². The molecule has 0 atom stereocenters. The zero-order valence-corrected chi connectivity index (χ0v) is 12.4. The van der Waals surface area contributed by atoms with Crippen molar-refractivity contribution in [1.29, 1.82) is 0 Å². The van der Waals surface area contributed by atoms with E-state index in [1.165, 1.54) is 0 Å². The fraction of sp³-hybridized carbons (Fsp3) is 0. The Morgan fingerprint density at radius 1 is 0.444 bits per heavy atom. The average molecular weight is 423 g/mol. The first-order chi connectivity index (χ1) is 6.00. The Morgan fingerprint density at radius 2 is 0.444 bits per heavy atom. The molecule has 0 saturated carbocycles. The molecule has 0 radical (unpaired) electrons. The van der Waals surface area contributed by atoms with Gasteiger partial charge in [0.2, 0.25) is 0 Å². The van der Waals surface area contributed by atoms with Crippen molar-refractivity contribution in [3.8, 4) is 0 Å². The van der Waals surface area contributed by atoms with Gasteiger partial charge in [-0.2, -0.15) is 25.3 Å². The van der Waals surface area contributed by atoms with E-state index in [1.807, 2.05) is 0 Å². The Balaban J connectivity index is -0.0000000277. The normalized spacial score (nSPS) is 9.67. The van der Waals surface area contributed by atoms with Crippen molar-refractivity contribution in [2.75, 3.05) is 0 Å². The standard InChI is InChI=1S/2Fe.H3N.3H2O4S/c;;;3*1-5(2,3)4/h;;1H3;3*(H2,1,2,3,4). The third-order valence-electron chi connectivity index (χ3n) is 0. The van der Waals surface area contributed by atoms with Gasteiger partial charge < -0.3 is 6.15 Å². The van der Waals surface area contributed by atoms with E-state index in [1.54, 1.807) is 0 Å². The van der Waals surface area contributed by atoms with E-state index in [-0.39, 0.29) is 40.3 Å². The van der Waals surface area contributed by atoms with E-state index in [0.717, 1.165) is 0 Å². The van der Waals surface area contributed by atoms with Gasteiger partial charge in [-0.25, -0.2) is 0 Å². The predicted molar refractivity (Wildman–Crippen MR) is 47.6 cm³/mol. The second kappa shape index (κ2) is 14.0. The van der Waals surface area contributed by atoms with Crippen LogP contribution in [0.5, 0.6) is 0 Å². The number of hydrogen-bond donors (Lipinski definition) is 7. The van der Waals surface area contributed by atoms with Crippen LogP contribution in [0.4, 0.5) is 0 Å². The second-order valence-electron chi connectivity index (χ2n) is 1.34. The summed E-state index contributed by atoms with van der Waals surface area (Å²) < 4.78 is 94.8. The zero-order chi connectivity index (χ0) is 13.5. The zero-order valence-electron chi connectivity index (χ0n) is 7.77. The first-order valence-electron chi connectivity index (χ1n) is 2.10. The molecule has 0 unspecified atom stereocenters. The Labute approximate surface area is 124 Å². The Bertz CT molecular complexity index is 346. The van der Waals surface area contributed by atoms with Gasteiger partial charge in [-0.15, -0.1) is 0 Å². The molecule has 13 nitrogen and oxygen atoms in total. The summed E-state index contributed by atoms with van der Waals surface area (Å²) in [6.07, 6.45) is 0. The minimum absolute atomic E-state index is 0. The third kappa shape index (κ3) is 10900. The molecule has 0 aromatic carbocycles. The third-order valence-corrected chi connectivity index (χ3v) is 0. The monoisotopic (exact) mass is 423 g/mol. The maximum Gasteiger partial charge on any atom is 0.394 e. The molecule has 18 heavy (non-hydrogen) atoms. The molecule has 120 valence electrons. The molecule has 0 rings (SSSR count). The van der Waals surface area contributed by atoms with Gasteiger partial charge in [0.25, 0.3) is 0 Å². The molecule has 0 aromatic heterocycles. The molecule has 0 aliphatic rings. The van der Waals surface area contributed by atoms with Crippen molar-refractivity contribution in [1.82, 2.24) is 6.15 Å². The molecule has 18 heteroatoms. The van der Waals surface area contributed by atoms with Crippen LogP contribution >= 0.6 is 0 Å². The van der Waals surface area contributed by atoms with Crippen LogP contribution < -0.4 is 6.15 Å². The summed E-state index contributed by atoms with van der Waals surface area (Å²) in [6.45, 7) is 0. The van der Waals surface area contributed by atoms with Crippen LogP contribution in [-0.4, -0.2) is 52.6 Å². The van der Waals surface area contributed by atoms with Crippen molar-refractivity contribution < 1.29 is 86.7 Å². The smallest absolute Gasteiger partial charge is 0.344 e. The topological polar surface area (TPSA) is 259 Å². The average Bonchev–Trinajstić information content (AvgIpc) is 1.41. The Hall–Kier alpha value is 0.609. The van der Waals surface area contributed by atoms with E-state index in [2.05, 4.69) is 0 Å². The van der Waals surface area contributed by atoms with E-state index < -0.39 is 31.2 Å². The minimum atomic E-state index is -4.67. The molecule has 0 aliphatic heterocycles. The van der Waals surface area contributed by atoms with Crippen molar-refractivity contribution in [3.05, 3.63) is 0 Å². The minimum Gasteiger partial charge on any atom is -0.344 e. The Kier molecular flexibility index (Phi) is 28.3. The molecule has 9 N–H and O–H groups in total. The summed E-state index contributed by atoms with van der Waals surface area (Å²) in [5, 5.41) is 0. The van der Waals surface area contributed by atoms with Gasteiger partial charge in [-0.1, -0.05) is 0 Å². The number of hydrogen-bond acceptors (Lipinski definition) is 7. The van der Waals surface area contributed by atoms with Crippen LogP contribution in [0.15, 0.2) is 0 Å². The van der Waals surface area contributed by atoms with Gasteiger partial charge in [0.15, 0.2) is 0 Å². The molecule has 0 aliphatic carbocycles. The molecule has 0 heterocycles. The summed E-state index contributed by atoms with van der Waals surface area (Å²) >= 11 is 0. The number of rotatable bonds is 0. The summed E-state index contributed by atoms with van der Waals surface area (Å²) in [4.78, 5) is 0. The summed E-state index contributed by atoms with van der Waals surface area (Å²) in [6, 6.07) is 0. The molecule has 0 bridgehead atoms. The Morgan fingerprint density at radius 3 is 0.444 bits per heavy atom. The maximum absolute atomic E-state index is 8.74. The van der Waals surface area contributed by atoms with Crippen LogP contribution in [-0.2, 0) is 65.3 Å². The van der Waals surface area contributed by atoms with Gasteiger partial charge in [0.05, 0.1) is 0 Å². The fourth-order valence-electron chi connectivity index (χ4n) is 0. The van der Waals surface area contributed by atoms with Gasteiger partial charge >= 0.3 is 31.2 Å². The van der Waals surface area contributed by atoms with Crippen LogP contribution in [0.2, 0.25) is 0 Å². The van der Waals surface area contributed by atoms with Gasteiger partial charge in [0.1, 0.15) is 0 Å². The fourth-order valence-corrected chi connectivity index (χ4v) is 0. The van der Waals surface area contributed by atoms with Crippen LogP contribution in [0, 0.1) is 0 Å². The quantitative estimate of drug-likeness (QED) is 0.168. The van der Waals surface area contributed by atoms with Crippen molar-refractivity contribution in [2.45, 2.75) is 0 Å². The van der Waals surface area contributed by atoms with E-state index in [0.29, 0.717) is 0 Å². The van der Waals surface area contributed by atoms with Crippen molar-refractivity contribution in [3.63, 3.8) is 0 Å². The van der Waals surface area contributed by atoms with E-state index in [9.17, 15) is 0 Å². The first-order valence-corrected chi connectivity index (χ1v) is 6.29. The summed E-state index contributed by atoms with van der Waals surface area (Å²) in [5.41, 5.74) is 0. The molecular formula is H9Fe2NO12S3. The van der Waals surface area contributed by atoms with Gasteiger partial charge in [-0.3, -0.25) is 27.3 Å². The largest absolute Gasteiger partial charge is 0.394 e. The SMILES string of the molecule is N.O=S(=O)(O)O.O=S(=O)(O)O.O=S(=O)(O)O.[Fe].[Fe]. The summed E-state index contributed by atoms with van der Waals surface area (Å²) in [5.74, 6) is 0. The van der Waals surface area contributed by atoms with Crippen molar-refractivity contribution in [2.24, 2.45) is 0 Å². The molecule has 0 fully saturated rings. The molecule has 0 amide bonds. The predicted octanol–water partition coefficient (Wildman–Crippen LogP) is -1.80. The summed E-state index contributed by atoms with van der Waals surface area (Å²) in [7, 11) is -14.0. The van der Waals surface area contributed by atoms with Gasteiger partial charge in [0, 0.05) is 34.1 Å². The van der Waals surface area contributed by atoms with Crippen LogP contribution in [0.3, 0.4) is 0 Å². The molecular weight excluding hydrogens is 414 g/mol.